The largest absolute Gasteiger partial charge is 0.337 e. The Kier molecular flexibility index (Phi) is 10.2. The minimum atomic E-state index is -1.15. The smallest absolute Gasteiger partial charge is 0.262 e. The van der Waals surface area contributed by atoms with Crippen LogP contribution in [0, 0.1) is 6.92 Å². The highest BCUT2D eigenvalue weighted by atomic mass is 35.5. The maximum Gasteiger partial charge on any atom is 0.262 e. The van der Waals surface area contributed by atoms with Crippen LogP contribution in [0.5, 0.6) is 0 Å². The molecule has 0 spiro atoms. The summed E-state index contributed by atoms with van der Waals surface area (Å²) in [6, 6.07) is 8.93. The fourth-order valence-electron chi connectivity index (χ4n) is 4.64. The first-order valence-electron chi connectivity index (χ1n) is 12.9. The molecule has 2 heterocycles. The highest BCUT2D eigenvalue weighted by Gasteiger charge is 2.31. The molecular formula is C28H39ClN4O3S. The van der Waals surface area contributed by atoms with Crippen molar-refractivity contribution in [2.24, 2.45) is 0 Å². The molecule has 1 fully saturated rings. The molecule has 1 aliphatic heterocycles. The second kappa shape index (κ2) is 12.9. The molecule has 1 aromatic carbocycles. The van der Waals surface area contributed by atoms with Crippen molar-refractivity contribution in [3.63, 3.8) is 0 Å². The number of likely N-dealkylation sites (tertiary alicyclic amines) is 1. The Bertz CT molecular complexity index is 1110. The number of benzene rings is 1. The van der Waals surface area contributed by atoms with Gasteiger partial charge >= 0.3 is 0 Å². The lowest BCUT2D eigenvalue weighted by Gasteiger charge is -2.36. The van der Waals surface area contributed by atoms with Crippen LogP contribution in [0.1, 0.15) is 78.0 Å². The number of anilines is 1. The lowest BCUT2D eigenvalue weighted by molar-refractivity contribution is -0.120. The molecule has 1 unspecified atom stereocenters. The zero-order chi connectivity index (χ0) is 27.2. The van der Waals surface area contributed by atoms with Gasteiger partial charge in [-0.1, -0.05) is 18.0 Å². The van der Waals surface area contributed by atoms with Gasteiger partial charge in [0, 0.05) is 23.8 Å². The molecule has 3 amide bonds. The van der Waals surface area contributed by atoms with Crippen molar-refractivity contribution in [2.75, 3.05) is 32.5 Å². The molecule has 0 bridgehead atoms. The molecule has 0 radical (unpaired) electrons. The molecule has 1 aliphatic rings. The van der Waals surface area contributed by atoms with E-state index in [-0.39, 0.29) is 23.8 Å². The Morgan fingerprint density at radius 3 is 2.54 bits per heavy atom. The van der Waals surface area contributed by atoms with Crippen LogP contribution in [0.25, 0.3) is 0 Å². The molecule has 202 valence electrons. The van der Waals surface area contributed by atoms with Gasteiger partial charge in [0.2, 0.25) is 5.91 Å². The van der Waals surface area contributed by atoms with Crippen molar-refractivity contribution >= 4 is 46.3 Å². The molecule has 1 saturated heterocycles. The summed E-state index contributed by atoms with van der Waals surface area (Å²) in [5.74, 6) is -0.641. The van der Waals surface area contributed by atoms with E-state index in [2.05, 4.69) is 34.5 Å². The quantitative estimate of drug-likeness (QED) is 0.381. The van der Waals surface area contributed by atoms with Crippen molar-refractivity contribution in [3.05, 3.63) is 50.7 Å². The number of unbranched alkanes of at least 4 members (excludes halogenated alkanes) is 1. The third kappa shape index (κ3) is 8.03. The maximum atomic E-state index is 13.5. The number of nitrogens with one attached hydrogen (secondary N) is 2. The predicted molar refractivity (Wildman–Crippen MR) is 152 cm³/mol. The number of amides is 3. The van der Waals surface area contributed by atoms with Gasteiger partial charge in [-0.2, -0.15) is 0 Å². The molecular weight excluding hydrogens is 508 g/mol. The third-order valence-corrected chi connectivity index (χ3v) is 8.02. The molecule has 3 rings (SSSR count). The van der Waals surface area contributed by atoms with Crippen LogP contribution in [0.2, 0.25) is 4.34 Å². The van der Waals surface area contributed by atoms with Crippen LogP contribution >= 0.6 is 22.9 Å². The van der Waals surface area contributed by atoms with Crippen LogP contribution in [0.3, 0.4) is 0 Å². The van der Waals surface area contributed by atoms with Crippen molar-refractivity contribution in [1.82, 2.24) is 15.1 Å². The van der Waals surface area contributed by atoms with Gasteiger partial charge in [0.25, 0.3) is 11.8 Å². The fraction of sp³-hybridized carbons (Fsp3) is 0.536. The van der Waals surface area contributed by atoms with Gasteiger partial charge in [0.05, 0.1) is 9.21 Å². The number of carbonyl (C=O) groups excluding carboxylic acids is 3. The van der Waals surface area contributed by atoms with Crippen LogP contribution in [0.15, 0.2) is 30.3 Å². The third-order valence-electron chi connectivity index (χ3n) is 6.79. The van der Waals surface area contributed by atoms with Crippen molar-refractivity contribution in [3.8, 4) is 0 Å². The predicted octanol–water partition coefficient (Wildman–Crippen LogP) is 5.58. The highest BCUT2D eigenvalue weighted by molar-refractivity contribution is 7.18. The SMILES string of the molecule is Cc1cc(NC(=O)C(C)(C)NC(=O)c2ccc(Cl)s2)ccc1C(=O)N1CCCCC1CCCCN(C)C. The lowest BCUT2D eigenvalue weighted by atomic mass is 9.95. The number of nitrogens with zero attached hydrogens (tertiary/aromatic N) is 2. The Balaban J connectivity index is 1.63. The second-order valence-corrected chi connectivity index (χ2v) is 12.3. The van der Waals surface area contributed by atoms with E-state index < -0.39 is 5.54 Å². The molecule has 37 heavy (non-hydrogen) atoms. The van der Waals surface area contributed by atoms with Gasteiger partial charge in [-0.25, -0.2) is 0 Å². The minimum Gasteiger partial charge on any atom is -0.337 e. The molecule has 1 aromatic heterocycles. The molecule has 1 atom stereocenters. The Morgan fingerprint density at radius 1 is 1.14 bits per heavy atom. The summed E-state index contributed by atoms with van der Waals surface area (Å²) >= 11 is 7.08. The van der Waals surface area contributed by atoms with Crippen LogP contribution in [-0.2, 0) is 4.79 Å². The van der Waals surface area contributed by atoms with E-state index in [1.807, 2.05) is 13.0 Å². The molecule has 2 N–H and O–H groups in total. The van der Waals surface area contributed by atoms with Crippen LogP contribution < -0.4 is 10.6 Å². The van der Waals surface area contributed by atoms with Gasteiger partial charge in [0.1, 0.15) is 5.54 Å². The summed E-state index contributed by atoms with van der Waals surface area (Å²) in [5.41, 5.74) is 0.915. The zero-order valence-electron chi connectivity index (χ0n) is 22.5. The number of aryl methyl sites for hydroxylation is 1. The standard InChI is InChI=1S/C28H39ClN4O3S/c1-19-18-20(30-27(36)28(2,3)31-25(34)23-14-15-24(29)37-23)12-13-22(19)26(35)33-17-9-7-11-21(33)10-6-8-16-32(4)5/h12-15,18,21H,6-11,16-17H2,1-5H3,(H,30,36)(H,31,34). The maximum absolute atomic E-state index is 13.5. The van der Waals surface area contributed by atoms with Gasteiger partial charge in [-0.3, -0.25) is 14.4 Å². The summed E-state index contributed by atoms with van der Waals surface area (Å²) in [5, 5.41) is 5.64. The van der Waals surface area contributed by atoms with E-state index >= 15 is 0 Å². The molecule has 0 aliphatic carbocycles. The van der Waals surface area contributed by atoms with E-state index in [1.54, 1.807) is 38.1 Å². The second-order valence-electron chi connectivity index (χ2n) is 10.6. The number of piperidine rings is 1. The van der Waals surface area contributed by atoms with Crippen molar-refractivity contribution < 1.29 is 14.4 Å². The monoisotopic (exact) mass is 546 g/mol. The zero-order valence-corrected chi connectivity index (χ0v) is 24.1. The van der Waals surface area contributed by atoms with Crippen LogP contribution in [0.4, 0.5) is 5.69 Å². The van der Waals surface area contributed by atoms with Gasteiger partial charge in [0.15, 0.2) is 0 Å². The molecule has 2 aromatic rings. The average molecular weight is 547 g/mol. The van der Waals surface area contributed by atoms with E-state index in [0.29, 0.717) is 20.5 Å². The number of carbonyl (C=O) groups is 3. The Labute approximate surface area is 229 Å². The van der Waals surface area contributed by atoms with E-state index in [9.17, 15) is 14.4 Å². The summed E-state index contributed by atoms with van der Waals surface area (Å²) < 4.78 is 0.512. The molecule has 7 nitrogen and oxygen atoms in total. The summed E-state index contributed by atoms with van der Waals surface area (Å²) in [4.78, 5) is 43.7. The van der Waals surface area contributed by atoms with Crippen LogP contribution in [-0.4, -0.2) is 66.3 Å². The number of thiophene rings is 1. The van der Waals surface area contributed by atoms with Gasteiger partial charge < -0.3 is 20.4 Å². The first-order valence-corrected chi connectivity index (χ1v) is 14.1. The normalized spacial score (nSPS) is 16.1. The first-order chi connectivity index (χ1) is 17.5. The molecule has 0 saturated carbocycles. The Hall–Kier alpha value is -2.42. The van der Waals surface area contributed by atoms with E-state index in [4.69, 9.17) is 11.6 Å². The van der Waals surface area contributed by atoms with Crippen molar-refractivity contribution in [1.29, 1.82) is 0 Å². The number of hydrogen-bond acceptors (Lipinski definition) is 5. The summed E-state index contributed by atoms with van der Waals surface area (Å²) in [7, 11) is 4.17. The minimum absolute atomic E-state index is 0.0647. The van der Waals surface area contributed by atoms with Crippen molar-refractivity contribution in [2.45, 2.75) is 70.9 Å². The van der Waals surface area contributed by atoms with E-state index in [0.717, 1.165) is 68.5 Å². The number of rotatable bonds is 10. The summed E-state index contributed by atoms with van der Waals surface area (Å²) in [6.45, 7) is 7.05. The average Bonchev–Trinajstić information content (AvgIpc) is 3.28. The fourth-order valence-corrected chi connectivity index (χ4v) is 5.58. The lowest BCUT2D eigenvalue weighted by Crippen LogP contribution is -2.52. The van der Waals surface area contributed by atoms with Gasteiger partial charge in [-0.05, 0) is 109 Å². The Morgan fingerprint density at radius 2 is 1.89 bits per heavy atom. The van der Waals surface area contributed by atoms with E-state index in [1.165, 1.54) is 0 Å². The summed E-state index contributed by atoms with van der Waals surface area (Å²) in [6.07, 6.45) is 6.54. The number of halogens is 1. The highest BCUT2D eigenvalue weighted by Crippen LogP contribution is 2.26. The first kappa shape index (κ1) is 29.1. The molecule has 9 heteroatoms. The number of hydrogen-bond donors (Lipinski definition) is 2. The topological polar surface area (TPSA) is 81.8 Å². The van der Waals surface area contributed by atoms with Gasteiger partial charge in [-0.15, -0.1) is 11.3 Å².